The average Bonchev–Trinajstić information content (AvgIpc) is 3.77. The average molecular weight is 537 g/mol. The lowest BCUT2D eigenvalue weighted by Crippen LogP contribution is -2.22. The van der Waals surface area contributed by atoms with Crippen LogP contribution in [-0.4, -0.2) is 37.6 Å². The maximum absolute atomic E-state index is 6.48. The summed E-state index contributed by atoms with van der Waals surface area (Å²) in [6.45, 7) is 28.3. The Bertz CT molecular complexity index is 1010. The first-order chi connectivity index (χ1) is 18.2. The van der Waals surface area contributed by atoms with Gasteiger partial charge in [-0.25, -0.2) is 0 Å². The zero-order valence-corrected chi connectivity index (χ0v) is 26.5. The van der Waals surface area contributed by atoms with Gasteiger partial charge in [-0.05, 0) is 70.9 Å². The van der Waals surface area contributed by atoms with E-state index in [0.29, 0.717) is 49.1 Å². The molecule has 0 N–H and O–H groups in total. The molecule has 4 atom stereocenters. The molecule has 216 valence electrons. The maximum Gasteiger partial charge on any atom is 0.126 e. The number of epoxide rings is 2. The van der Waals surface area contributed by atoms with Crippen molar-refractivity contribution in [1.29, 1.82) is 0 Å². The van der Waals surface area contributed by atoms with Crippen LogP contribution in [0.5, 0.6) is 11.5 Å². The topological polar surface area (TPSA) is 43.5 Å². The normalized spacial score (nSPS) is 22.8. The van der Waals surface area contributed by atoms with Crippen molar-refractivity contribution in [2.24, 2.45) is 0 Å². The molecule has 4 rings (SSSR count). The molecule has 0 aliphatic carbocycles. The lowest BCUT2D eigenvalue weighted by atomic mass is 9.73. The van der Waals surface area contributed by atoms with Gasteiger partial charge in [0.05, 0.1) is 12.2 Å². The van der Waals surface area contributed by atoms with Crippen molar-refractivity contribution in [3.05, 3.63) is 57.6 Å². The monoisotopic (exact) mass is 536 g/mol. The lowest BCUT2D eigenvalue weighted by Gasteiger charge is -2.32. The summed E-state index contributed by atoms with van der Waals surface area (Å²) < 4.78 is 24.2. The van der Waals surface area contributed by atoms with Gasteiger partial charge in [-0.15, -0.1) is 0 Å². The van der Waals surface area contributed by atoms with Gasteiger partial charge in [0.25, 0.3) is 0 Å². The molecule has 2 heterocycles. The third-order valence-electron chi connectivity index (χ3n) is 8.68. The van der Waals surface area contributed by atoms with E-state index >= 15 is 0 Å². The summed E-state index contributed by atoms with van der Waals surface area (Å²) in [7, 11) is 0. The Hall–Kier alpha value is -2.04. The Kier molecular flexibility index (Phi) is 8.79. The second kappa shape index (κ2) is 11.4. The van der Waals surface area contributed by atoms with E-state index in [2.05, 4.69) is 107 Å². The molecule has 0 radical (unpaired) electrons. The highest BCUT2D eigenvalue weighted by molar-refractivity contribution is 5.55. The third-order valence-corrected chi connectivity index (χ3v) is 8.68. The van der Waals surface area contributed by atoms with E-state index in [1.807, 2.05) is 0 Å². The van der Waals surface area contributed by atoms with Gasteiger partial charge in [-0.2, -0.15) is 0 Å². The smallest absolute Gasteiger partial charge is 0.126 e. The molecule has 2 aromatic rings. The van der Waals surface area contributed by atoms with Crippen LogP contribution < -0.4 is 9.47 Å². The fraction of sp³-hybridized carbons (Fsp3) is 0.657. The minimum atomic E-state index is -0.195. The van der Waals surface area contributed by atoms with Gasteiger partial charge in [0.1, 0.15) is 36.9 Å². The van der Waals surface area contributed by atoms with Gasteiger partial charge in [-0.3, -0.25) is 0 Å². The van der Waals surface area contributed by atoms with Crippen molar-refractivity contribution in [2.45, 2.75) is 137 Å². The van der Waals surface area contributed by atoms with Crippen LogP contribution in [0, 0.1) is 0 Å². The second-order valence-corrected chi connectivity index (χ2v) is 13.6. The minimum Gasteiger partial charge on any atom is -0.490 e. The van der Waals surface area contributed by atoms with Crippen LogP contribution in [0.3, 0.4) is 0 Å². The van der Waals surface area contributed by atoms with Gasteiger partial charge in [-0.1, -0.05) is 93.5 Å². The number of ether oxygens (including phenoxy) is 4. The molecule has 2 aliphatic heterocycles. The minimum absolute atomic E-state index is 0.195. The van der Waals surface area contributed by atoms with Crippen molar-refractivity contribution in [1.82, 2.24) is 0 Å². The quantitative estimate of drug-likeness (QED) is 0.254. The van der Waals surface area contributed by atoms with Gasteiger partial charge in [0, 0.05) is 5.41 Å². The summed E-state index contributed by atoms with van der Waals surface area (Å²) in [5, 5.41) is 0. The zero-order valence-electron chi connectivity index (χ0n) is 26.5. The molecule has 0 amide bonds. The zero-order chi connectivity index (χ0) is 28.8. The predicted molar refractivity (Wildman–Crippen MR) is 161 cm³/mol. The van der Waals surface area contributed by atoms with Crippen molar-refractivity contribution in [2.75, 3.05) is 13.2 Å². The van der Waals surface area contributed by atoms with E-state index in [-0.39, 0.29) is 17.6 Å². The molecular weight excluding hydrogens is 484 g/mol. The Labute approximate surface area is 237 Å². The maximum atomic E-state index is 6.48. The molecule has 2 aliphatic rings. The standard InChI is InChI=1S/C35H52O4/c1-19(2)27-13-25(14-28(20(3)4)33(27)36-17-31-23(9)38-31)35(11,12)26-15-29(21(5)6)34(30(16-26)22(7)8)37-18-32-24(10)39-32/h13-16,19-24,31-32H,17-18H2,1-12H3. The van der Waals surface area contributed by atoms with Gasteiger partial charge in [0.2, 0.25) is 0 Å². The van der Waals surface area contributed by atoms with E-state index in [1.165, 1.54) is 33.4 Å². The number of hydrogen-bond acceptors (Lipinski definition) is 4. The molecule has 0 bridgehead atoms. The Balaban J connectivity index is 1.78. The highest BCUT2D eigenvalue weighted by Crippen LogP contribution is 2.45. The summed E-state index contributed by atoms with van der Waals surface area (Å²) in [4.78, 5) is 0. The number of hydrogen-bond donors (Lipinski definition) is 0. The Morgan fingerprint density at radius 3 is 1.05 bits per heavy atom. The molecule has 39 heavy (non-hydrogen) atoms. The number of benzene rings is 2. The highest BCUT2D eigenvalue weighted by Gasteiger charge is 2.37. The Morgan fingerprint density at radius 2 is 0.846 bits per heavy atom. The fourth-order valence-corrected chi connectivity index (χ4v) is 5.43. The van der Waals surface area contributed by atoms with Crippen molar-refractivity contribution >= 4 is 0 Å². The van der Waals surface area contributed by atoms with Crippen molar-refractivity contribution < 1.29 is 18.9 Å². The first kappa shape index (κ1) is 29.9. The molecule has 0 aromatic heterocycles. The lowest BCUT2D eigenvalue weighted by molar-refractivity contribution is 0.255. The fourth-order valence-electron chi connectivity index (χ4n) is 5.43. The van der Waals surface area contributed by atoms with Crippen LogP contribution >= 0.6 is 0 Å². The van der Waals surface area contributed by atoms with E-state index in [9.17, 15) is 0 Å². The Morgan fingerprint density at radius 1 is 0.590 bits per heavy atom. The summed E-state index contributed by atoms with van der Waals surface area (Å²) in [6.07, 6.45) is 1.01. The van der Waals surface area contributed by atoms with Gasteiger partial charge >= 0.3 is 0 Å². The van der Waals surface area contributed by atoms with Crippen LogP contribution in [0.25, 0.3) is 0 Å². The number of rotatable bonds is 12. The molecular formula is C35H52O4. The van der Waals surface area contributed by atoms with Crippen LogP contribution in [0.2, 0.25) is 0 Å². The van der Waals surface area contributed by atoms with Crippen LogP contribution in [0.15, 0.2) is 24.3 Å². The second-order valence-electron chi connectivity index (χ2n) is 13.6. The van der Waals surface area contributed by atoms with E-state index in [4.69, 9.17) is 18.9 Å². The molecule has 4 nitrogen and oxygen atoms in total. The molecule has 4 unspecified atom stereocenters. The molecule has 4 heteroatoms. The predicted octanol–water partition coefficient (Wildman–Crippen LogP) is 8.84. The van der Waals surface area contributed by atoms with Gasteiger partial charge < -0.3 is 18.9 Å². The first-order valence-electron chi connectivity index (χ1n) is 15.1. The molecule has 0 saturated carbocycles. The van der Waals surface area contributed by atoms with E-state index < -0.39 is 0 Å². The summed E-state index contributed by atoms with van der Waals surface area (Å²) in [5.74, 6) is 3.51. The summed E-state index contributed by atoms with van der Waals surface area (Å²) in [6, 6.07) is 9.57. The van der Waals surface area contributed by atoms with E-state index in [0.717, 1.165) is 11.5 Å². The molecule has 2 aromatic carbocycles. The molecule has 0 spiro atoms. The molecule has 2 saturated heterocycles. The summed E-state index contributed by atoms with van der Waals surface area (Å²) >= 11 is 0. The van der Waals surface area contributed by atoms with Crippen LogP contribution in [0.1, 0.15) is 140 Å². The van der Waals surface area contributed by atoms with Crippen molar-refractivity contribution in [3.8, 4) is 11.5 Å². The van der Waals surface area contributed by atoms with Gasteiger partial charge in [0.15, 0.2) is 0 Å². The third kappa shape index (κ3) is 6.49. The SMILES string of the molecule is CC(C)c1cc(C(C)(C)c2cc(C(C)C)c(OCC3OC3C)c(C(C)C)c2)cc(C(C)C)c1OCC1OC1C. The largest absolute Gasteiger partial charge is 0.490 e. The first-order valence-corrected chi connectivity index (χ1v) is 15.1. The van der Waals surface area contributed by atoms with Crippen molar-refractivity contribution in [3.63, 3.8) is 0 Å². The summed E-state index contributed by atoms with van der Waals surface area (Å²) in [5.41, 5.74) is 7.59. The van der Waals surface area contributed by atoms with E-state index in [1.54, 1.807) is 0 Å². The van der Waals surface area contributed by atoms with Crippen LogP contribution in [0.4, 0.5) is 0 Å². The van der Waals surface area contributed by atoms with Crippen LogP contribution in [-0.2, 0) is 14.9 Å². The molecule has 2 fully saturated rings. The highest BCUT2D eigenvalue weighted by atomic mass is 16.6.